The monoisotopic (exact) mass is 400 g/mol. The molecule has 0 saturated carbocycles. The topological polar surface area (TPSA) is 9.23 Å². The lowest BCUT2D eigenvalue weighted by atomic mass is 9.75. The third-order valence-electron chi connectivity index (χ3n) is 5.07. The fourth-order valence-electron chi connectivity index (χ4n) is 4.18. The molecule has 1 unspecified atom stereocenters. The molecule has 2 rings (SSSR count). The van der Waals surface area contributed by atoms with Crippen LogP contribution < -0.4 is 4.52 Å². The minimum Gasteiger partial charge on any atom is -0.477 e. The molecule has 1 aliphatic carbocycles. The molecule has 1 aliphatic rings. The van der Waals surface area contributed by atoms with Gasteiger partial charge in [-0.3, -0.25) is 0 Å². The summed E-state index contributed by atoms with van der Waals surface area (Å²) in [7, 11) is 0.436. The largest absolute Gasteiger partial charge is 0.477 e. The Balaban J connectivity index is 0.00000190. The highest BCUT2D eigenvalue weighted by Gasteiger charge is 2.28. The van der Waals surface area contributed by atoms with Crippen molar-refractivity contribution < 1.29 is 4.52 Å². The third kappa shape index (κ3) is 5.84. The molecular weight excluding hydrogens is 359 g/mol. The zero-order valence-electron chi connectivity index (χ0n) is 19.5. The second kappa shape index (κ2) is 11.6. The Bertz CT molecular complexity index is 717. The Morgan fingerprint density at radius 2 is 1.86 bits per heavy atom. The van der Waals surface area contributed by atoms with Crippen LogP contribution in [0.3, 0.4) is 0 Å². The summed E-state index contributed by atoms with van der Waals surface area (Å²) in [5.41, 5.74) is 8.39. The highest BCUT2D eigenvalue weighted by Crippen LogP contribution is 2.43. The van der Waals surface area contributed by atoms with E-state index in [2.05, 4.69) is 66.1 Å². The zero-order valence-corrected chi connectivity index (χ0v) is 20.5. The van der Waals surface area contributed by atoms with Crippen molar-refractivity contribution in [3.63, 3.8) is 0 Å². The second-order valence-electron chi connectivity index (χ2n) is 8.15. The Labute approximate surface area is 176 Å². The first-order chi connectivity index (χ1) is 13.3. The van der Waals surface area contributed by atoms with Gasteiger partial charge < -0.3 is 4.52 Å². The first-order valence-corrected chi connectivity index (χ1v) is 12.3. The maximum atomic E-state index is 6.24. The van der Waals surface area contributed by atoms with Gasteiger partial charge in [-0.25, -0.2) is 0 Å². The van der Waals surface area contributed by atoms with Gasteiger partial charge in [0.1, 0.15) is 5.75 Å². The van der Waals surface area contributed by atoms with Gasteiger partial charge in [0.15, 0.2) is 0 Å². The molecule has 0 saturated heterocycles. The van der Waals surface area contributed by atoms with Gasteiger partial charge in [0.05, 0.1) is 8.81 Å². The number of rotatable bonds is 7. The van der Waals surface area contributed by atoms with Gasteiger partial charge in [-0.05, 0) is 60.5 Å². The summed E-state index contributed by atoms with van der Waals surface area (Å²) in [6.45, 7) is 21.7. The maximum Gasteiger partial charge on any atom is 0.134 e. The Hall–Kier alpha value is -1.33. The van der Waals surface area contributed by atoms with E-state index in [1.165, 1.54) is 33.4 Å². The lowest BCUT2D eigenvalue weighted by molar-refractivity contribution is 0.566. The molecule has 0 fully saturated rings. The van der Waals surface area contributed by atoms with Crippen LogP contribution in [0, 0.1) is 6.92 Å². The normalized spacial score (nSPS) is 13.9. The molecule has 0 bridgehead atoms. The predicted molar refractivity (Wildman–Crippen MR) is 130 cm³/mol. The Kier molecular flexibility index (Phi) is 10.3. The second-order valence-corrected chi connectivity index (χ2v) is 8.76. The summed E-state index contributed by atoms with van der Waals surface area (Å²) in [4.78, 5) is 0. The van der Waals surface area contributed by atoms with Crippen molar-refractivity contribution >= 4 is 14.9 Å². The van der Waals surface area contributed by atoms with E-state index in [4.69, 9.17) is 4.52 Å². The van der Waals surface area contributed by atoms with Crippen molar-refractivity contribution in [1.82, 2.24) is 0 Å². The zero-order chi connectivity index (χ0) is 21.3. The summed E-state index contributed by atoms with van der Waals surface area (Å²) < 4.78 is 6.24. The van der Waals surface area contributed by atoms with E-state index in [1.807, 2.05) is 19.9 Å². The van der Waals surface area contributed by atoms with E-state index < -0.39 is 0 Å². The molecule has 0 amide bonds. The summed E-state index contributed by atoms with van der Waals surface area (Å²) in [6, 6.07) is 0. The molecule has 0 radical (unpaired) electrons. The molecule has 0 spiro atoms. The van der Waals surface area contributed by atoms with Crippen molar-refractivity contribution in [3.8, 4) is 5.75 Å². The minimum atomic E-state index is 0.102. The fraction of sp³-hybridized carbons (Fsp3) is 0.538. The van der Waals surface area contributed by atoms with Crippen molar-refractivity contribution in [3.05, 3.63) is 58.2 Å². The number of hydrogen-bond donors (Lipinski definition) is 0. The van der Waals surface area contributed by atoms with Crippen molar-refractivity contribution in [2.45, 2.75) is 86.0 Å². The van der Waals surface area contributed by atoms with Crippen LogP contribution >= 0.6 is 8.81 Å². The maximum absolute atomic E-state index is 6.24. The molecule has 1 atom stereocenters. The summed E-state index contributed by atoms with van der Waals surface area (Å²) >= 11 is 0. The van der Waals surface area contributed by atoms with Crippen molar-refractivity contribution in [1.29, 1.82) is 0 Å². The summed E-state index contributed by atoms with van der Waals surface area (Å²) in [5, 5.41) is 0. The summed E-state index contributed by atoms with van der Waals surface area (Å²) in [6.07, 6.45) is 14.5. The van der Waals surface area contributed by atoms with E-state index in [0.29, 0.717) is 8.81 Å². The van der Waals surface area contributed by atoms with Crippen LogP contribution in [0.25, 0.3) is 6.08 Å². The van der Waals surface area contributed by atoms with Crippen LogP contribution in [0.1, 0.15) is 88.6 Å². The third-order valence-corrected chi connectivity index (χ3v) is 5.48. The quantitative estimate of drug-likeness (QED) is 0.418. The molecule has 28 heavy (non-hydrogen) atoms. The first-order valence-electron chi connectivity index (χ1n) is 10.9. The van der Waals surface area contributed by atoms with Crippen molar-refractivity contribution in [2.75, 3.05) is 6.66 Å². The minimum absolute atomic E-state index is 0.102. The molecule has 0 N–H and O–H groups in total. The van der Waals surface area contributed by atoms with E-state index in [-0.39, 0.29) is 5.41 Å². The van der Waals surface area contributed by atoms with Crippen LogP contribution in [-0.4, -0.2) is 6.66 Å². The lowest BCUT2D eigenvalue weighted by Gasteiger charge is -2.31. The van der Waals surface area contributed by atoms with E-state index >= 15 is 0 Å². The molecular formula is C26H41OP. The van der Waals surface area contributed by atoms with Gasteiger partial charge in [0, 0.05) is 17.5 Å². The van der Waals surface area contributed by atoms with E-state index in [1.54, 1.807) is 0 Å². The van der Waals surface area contributed by atoms with Gasteiger partial charge >= 0.3 is 0 Å². The number of hydrogen-bond acceptors (Lipinski definition) is 1. The molecule has 2 heteroatoms. The van der Waals surface area contributed by atoms with Gasteiger partial charge in [-0.15, -0.1) is 0 Å². The molecule has 0 heterocycles. The Morgan fingerprint density at radius 3 is 2.32 bits per heavy atom. The molecule has 1 aromatic carbocycles. The fourth-order valence-corrected chi connectivity index (χ4v) is 4.61. The number of benzene rings is 1. The molecule has 1 aromatic rings. The van der Waals surface area contributed by atoms with Crippen LogP contribution in [0.5, 0.6) is 5.75 Å². The first kappa shape index (κ1) is 24.7. The highest BCUT2D eigenvalue weighted by atomic mass is 31.1. The van der Waals surface area contributed by atoms with E-state index in [9.17, 15) is 0 Å². The molecule has 156 valence electrons. The number of allylic oxidation sites excluding steroid dienone is 4. The predicted octanol–water partition coefficient (Wildman–Crippen LogP) is 8.34. The average molecular weight is 401 g/mol. The van der Waals surface area contributed by atoms with Gasteiger partial charge in [-0.2, -0.15) is 0 Å². The standard InChI is InChI=1S/C24H35OP.C2H6/c1-8-13-20-21(16-18-14-11-10-12-15-18)23(25-26-7)19(9-2)17(3)22(20)24(4,5)6;1-2/h9,11,14-15,26H,2,8,10,12-13,16H2,1,3-7H3;1-2H3. The highest BCUT2D eigenvalue weighted by molar-refractivity contribution is 7.31. The Morgan fingerprint density at radius 1 is 1.18 bits per heavy atom. The van der Waals surface area contributed by atoms with Gasteiger partial charge in [-0.1, -0.05) is 78.8 Å². The molecule has 1 nitrogen and oxygen atoms in total. The van der Waals surface area contributed by atoms with Crippen LogP contribution in [-0.2, 0) is 18.3 Å². The van der Waals surface area contributed by atoms with Gasteiger partial charge in [0.2, 0.25) is 0 Å². The lowest BCUT2D eigenvalue weighted by Crippen LogP contribution is -2.20. The van der Waals surface area contributed by atoms with Crippen LogP contribution in [0.15, 0.2) is 30.4 Å². The SMILES string of the molecule is C=Cc1c(C)c(C(C)(C)C)c(CCC)c(CC2=CCCC=C2)c1OPC.CC. The molecule has 0 aromatic heterocycles. The summed E-state index contributed by atoms with van der Waals surface area (Å²) in [5.74, 6) is 1.06. The smallest absolute Gasteiger partial charge is 0.134 e. The van der Waals surface area contributed by atoms with Crippen LogP contribution in [0.4, 0.5) is 0 Å². The van der Waals surface area contributed by atoms with Gasteiger partial charge in [0.25, 0.3) is 0 Å². The van der Waals surface area contributed by atoms with Crippen molar-refractivity contribution in [2.24, 2.45) is 0 Å². The van der Waals surface area contributed by atoms with Crippen LogP contribution in [0.2, 0.25) is 0 Å². The molecule has 0 aliphatic heterocycles. The van der Waals surface area contributed by atoms with E-state index in [0.717, 1.165) is 37.9 Å². The average Bonchev–Trinajstić information content (AvgIpc) is 2.66.